The van der Waals surface area contributed by atoms with E-state index >= 15 is 0 Å². The molecule has 1 aromatic heterocycles. The largest absolute Gasteiger partial charge is 0.472 e. The lowest BCUT2D eigenvalue weighted by Crippen LogP contribution is -2.55. The number of amides is 2. The van der Waals surface area contributed by atoms with Crippen LogP contribution in [-0.2, 0) is 9.59 Å². The Labute approximate surface area is 237 Å². The molecule has 2 saturated carbocycles. The van der Waals surface area contributed by atoms with Gasteiger partial charge in [0.2, 0.25) is 11.0 Å². The third-order valence-corrected chi connectivity index (χ3v) is 8.94. The third kappa shape index (κ3) is 5.32. The van der Waals surface area contributed by atoms with Gasteiger partial charge in [0.05, 0.1) is 16.4 Å². The number of rotatable bonds is 7. The number of nitrogens with one attached hydrogen (secondary N) is 1. The zero-order valence-electron chi connectivity index (χ0n) is 21.3. The van der Waals surface area contributed by atoms with E-state index in [0.29, 0.717) is 34.4 Å². The Morgan fingerprint density at radius 3 is 2.35 bits per heavy atom. The topological polar surface area (TPSA) is 81.7 Å². The van der Waals surface area contributed by atoms with Crippen LogP contribution in [0.4, 0.5) is 29.7 Å². The van der Waals surface area contributed by atoms with Crippen LogP contribution in [0.15, 0.2) is 48.5 Å². The molecule has 1 aliphatic heterocycles. The van der Waals surface area contributed by atoms with Gasteiger partial charge in [-0.15, -0.1) is 10.2 Å². The van der Waals surface area contributed by atoms with Gasteiger partial charge in [-0.05, 0) is 43.9 Å². The SMILES string of the molecule is O=C(N(c1ccc(Cl)c(NC(=O)C2(N3CCN(C4CC4)CC3)CC2)c1)c1nnc(-c2ccccc2)s1)C(F)(F)F. The molecule has 0 unspecified atom stereocenters. The summed E-state index contributed by atoms with van der Waals surface area (Å²) in [6.45, 7) is 3.40. The van der Waals surface area contributed by atoms with Crippen LogP contribution in [-0.4, -0.2) is 75.7 Å². The highest BCUT2D eigenvalue weighted by molar-refractivity contribution is 7.18. The van der Waals surface area contributed by atoms with Gasteiger partial charge in [-0.1, -0.05) is 53.3 Å². The molecule has 8 nitrogen and oxygen atoms in total. The van der Waals surface area contributed by atoms with Crippen molar-refractivity contribution in [3.8, 4) is 10.6 Å². The first-order chi connectivity index (χ1) is 19.2. The molecular formula is C27H26ClF3N6O2S. The standard InChI is InChI=1S/C27H26ClF3N6O2S/c28-20-9-8-19(37(24(39)27(29,30)31)25-34-33-22(40-25)17-4-2-1-3-5-17)16-21(20)32-23(38)26(10-11-26)36-14-12-35(13-15-36)18-6-7-18/h1-5,8-9,16,18H,6-7,10-15H2,(H,32,38). The van der Waals surface area contributed by atoms with E-state index in [-0.39, 0.29) is 27.4 Å². The van der Waals surface area contributed by atoms with E-state index in [1.807, 2.05) is 0 Å². The Morgan fingerprint density at radius 2 is 1.73 bits per heavy atom. The van der Waals surface area contributed by atoms with E-state index in [1.54, 1.807) is 30.3 Å². The molecular weight excluding hydrogens is 565 g/mol. The second-order valence-electron chi connectivity index (χ2n) is 10.3. The fourth-order valence-corrected chi connectivity index (χ4v) is 6.23. The van der Waals surface area contributed by atoms with Gasteiger partial charge in [-0.25, -0.2) is 4.90 Å². The minimum Gasteiger partial charge on any atom is -0.323 e. The lowest BCUT2D eigenvalue weighted by molar-refractivity contribution is -0.169. The molecule has 0 bridgehead atoms. The van der Waals surface area contributed by atoms with Gasteiger partial charge in [0.1, 0.15) is 10.5 Å². The summed E-state index contributed by atoms with van der Waals surface area (Å²) in [6, 6.07) is 13.4. The van der Waals surface area contributed by atoms with Gasteiger partial charge in [-0.2, -0.15) is 13.2 Å². The Bertz CT molecular complexity index is 1420. The number of halogens is 4. The van der Waals surface area contributed by atoms with E-state index < -0.39 is 17.6 Å². The molecule has 0 spiro atoms. The van der Waals surface area contributed by atoms with Crippen LogP contribution >= 0.6 is 22.9 Å². The van der Waals surface area contributed by atoms with Crippen LogP contribution in [0.5, 0.6) is 0 Å². The summed E-state index contributed by atoms with van der Waals surface area (Å²) in [5.41, 5.74) is -0.0109. The van der Waals surface area contributed by atoms with E-state index in [9.17, 15) is 22.8 Å². The molecule has 2 aliphatic carbocycles. The summed E-state index contributed by atoms with van der Waals surface area (Å²) in [4.78, 5) is 31.2. The molecule has 3 aromatic rings. The average molecular weight is 591 g/mol. The average Bonchev–Trinajstić information content (AvgIpc) is 3.88. The Morgan fingerprint density at radius 1 is 1.02 bits per heavy atom. The number of carbonyl (C=O) groups is 2. The quantitative estimate of drug-likeness (QED) is 0.400. The first-order valence-corrected chi connectivity index (χ1v) is 14.3. The van der Waals surface area contributed by atoms with Crippen LogP contribution in [0.1, 0.15) is 25.7 Å². The van der Waals surface area contributed by atoms with E-state index in [4.69, 9.17) is 11.6 Å². The summed E-state index contributed by atoms with van der Waals surface area (Å²) in [6.07, 6.45) is -1.31. The molecule has 2 aromatic carbocycles. The van der Waals surface area contributed by atoms with Gasteiger partial charge >= 0.3 is 12.1 Å². The van der Waals surface area contributed by atoms with Gasteiger partial charge in [0.25, 0.3) is 0 Å². The van der Waals surface area contributed by atoms with Crippen molar-refractivity contribution in [1.82, 2.24) is 20.0 Å². The van der Waals surface area contributed by atoms with Crippen molar-refractivity contribution in [1.29, 1.82) is 0 Å². The van der Waals surface area contributed by atoms with Gasteiger partial charge in [0, 0.05) is 37.8 Å². The van der Waals surface area contributed by atoms with Crippen molar-refractivity contribution in [2.24, 2.45) is 0 Å². The number of benzene rings is 2. The number of piperazine rings is 1. The fourth-order valence-electron chi connectivity index (χ4n) is 5.19. The molecule has 2 heterocycles. The molecule has 6 rings (SSSR count). The maximum absolute atomic E-state index is 13.7. The summed E-state index contributed by atoms with van der Waals surface area (Å²) >= 11 is 7.22. The minimum absolute atomic E-state index is 0.125. The lowest BCUT2D eigenvalue weighted by Gasteiger charge is -2.39. The van der Waals surface area contributed by atoms with Crippen LogP contribution in [0.2, 0.25) is 5.02 Å². The van der Waals surface area contributed by atoms with Crippen LogP contribution in [0.3, 0.4) is 0 Å². The first-order valence-electron chi connectivity index (χ1n) is 13.1. The van der Waals surface area contributed by atoms with Crippen molar-refractivity contribution in [3.05, 3.63) is 53.6 Å². The Balaban J connectivity index is 1.25. The van der Waals surface area contributed by atoms with Gasteiger partial charge in [-0.3, -0.25) is 19.4 Å². The lowest BCUT2D eigenvalue weighted by atomic mass is 10.1. The molecule has 1 saturated heterocycles. The number of hydrogen-bond acceptors (Lipinski definition) is 7. The smallest absolute Gasteiger partial charge is 0.323 e. The number of nitrogens with zero attached hydrogens (tertiary/aromatic N) is 5. The molecule has 2 amide bonds. The highest BCUT2D eigenvalue weighted by Gasteiger charge is 2.55. The normalized spacial score (nSPS) is 19.3. The molecule has 3 aliphatic rings. The number of hydrogen-bond donors (Lipinski definition) is 1. The summed E-state index contributed by atoms with van der Waals surface area (Å²) < 4.78 is 41.1. The van der Waals surface area contributed by atoms with Crippen LogP contribution < -0.4 is 10.2 Å². The molecule has 1 N–H and O–H groups in total. The Kier molecular flexibility index (Phi) is 7.06. The second kappa shape index (κ2) is 10.4. The number of carbonyl (C=O) groups excluding carboxylic acids is 2. The predicted octanol–water partition coefficient (Wildman–Crippen LogP) is 5.34. The summed E-state index contributed by atoms with van der Waals surface area (Å²) in [7, 11) is 0. The number of alkyl halides is 3. The zero-order valence-corrected chi connectivity index (χ0v) is 22.9. The second-order valence-corrected chi connectivity index (χ2v) is 11.7. The van der Waals surface area contributed by atoms with E-state index in [0.717, 1.165) is 37.5 Å². The van der Waals surface area contributed by atoms with Gasteiger partial charge in [0.15, 0.2) is 0 Å². The Hall–Kier alpha value is -3.06. The predicted molar refractivity (Wildman–Crippen MR) is 147 cm³/mol. The van der Waals surface area contributed by atoms with Crippen LogP contribution in [0, 0.1) is 0 Å². The van der Waals surface area contributed by atoms with Gasteiger partial charge < -0.3 is 5.32 Å². The van der Waals surface area contributed by atoms with Crippen molar-refractivity contribution in [2.45, 2.75) is 43.4 Å². The van der Waals surface area contributed by atoms with Crippen LogP contribution in [0.25, 0.3) is 10.6 Å². The highest BCUT2D eigenvalue weighted by Crippen LogP contribution is 2.45. The van der Waals surface area contributed by atoms with Crippen molar-refractivity contribution >= 4 is 51.3 Å². The van der Waals surface area contributed by atoms with Crippen molar-refractivity contribution < 1.29 is 22.8 Å². The molecule has 3 fully saturated rings. The fraction of sp³-hybridized carbons (Fsp3) is 0.407. The van der Waals surface area contributed by atoms with E-state index in [2.05, 4.69) is 25.3 Å². The first kappa shape index (κ1) is 27.1. The monoisotopic (exact) mass is 590 g/mol. The number of aromatic nitrogens is 2. The molecule has 40 heavy (non-hydrogen) atoms. The zero-order chi connectivity index (χ0) is 28.1. The molecule has 210 valence electrons. The highest BCUT2D eigenvalue weighted by atomic mass is 35.5. The maximum atomic E-state index is 13.7. The minimum atomic E-state index is -5.18. The van der Waals surface area contributed by atoms with Crippen molar-refractivity contribution in [2.75, 3.05) is 36.4 Å². The molecule has 0 radical (unpaired) electrons. The maximum Gasteiger partial charge on any atom is 0.472 e. The summed E-state index contributed by atoms with van der Waals surface area (Å²) in [5.74, 6) is -2.38. The van der Waals surface area contributed by atoms with E-state index in [1.165, 1.54) is 31.0 Å². The molecule has 13 heteroatoms. The third-order valence-electron chi connectivity index (χ3n) is 7.66. The number of anilines is 3. The molecule has 0 atom stereocenters. The summed E-state index contributed by atoms with van der Waals surface area (Å²) in [5, 5.41) is 11.0. The van der Waals surface area contributed by atoms with Crippen molar-refractivity contribution in [3.63, 3.8) is 0 Å².